The number of carboxylic acids is 1. The molecule has 1 aromatic carbocycles. The molecule has 5 unspecified atom stereocenters. The molecule has 5 atom stereocenters. The number of hydrogen-bond donors (Lipinski definition) is 8. The maximum atomic E-state index is 12.5. The Morgan fingerprint density at radius 1 is 1.06 bits per heavy atom. The number of para-hydroxylation sites is 1. The number of carbonyl (C=O) groups excluding carboxylic acids is 3. The summed E-state index contributed by atoms with van der Waals surface area (Å²) in [5.41, 5.74) is 7.81. The van der Waals surface area contributed by atoms with Crippen LogP contribution < -0.4 is 21.7 Å². The number of fused-ring (bicyclic) bond motifs is 1. The van der Waals surface area contributed by atoms with Crippen LogP contribution in [0.25, 0.3) is 10.9 Å². The van der Waals surface area contributed by atoms with Crippen molar-refractivity contribution in [2.45, 2.75) is 50.5 Å². The lowest BCUT2D eigenvalue weighted by Crippen LogP contribution is -2.58. The van der Waals surface area contributed by atoms with Gasteiger partial charge in [0.25, 0.3) is 0 Å². The molecule has 2 aromatic rings. The first-order valence-electron chi connectivity index (χ1n) is 10.3. The SMILES string of the molecule is CC(NC(=O)C(N)Cc1c[nH]c2ccccc12)C(=O)NC(CS)C(=O)NC(C(=O)O)C(C)O. The van der Waals surface area contributed by atoms with Gasteiger partial charge in [0.2, 0.25) is 17.7 Å². The van der Waals surface area contributed by atoms with Crippen molar-refractivity contribution < 1.29 is 29.4 Å². The molecular weight excluding hydrogens is 450 g/mol. The predicted molar refractivity (Wildman–Crippen MR) is 125 cm³/mol. The quantitative estimate of drug-likeness (QED) is 0.188. The van der Waals surface area contributed by atoms with E-state index in [0.29, 0.717) is 0 Å². The van der Waals surface area contributed by atoms with E-state index in [4.69, 9.17) is 10.8 Å². The molecule has 0 aliphatic heterocycles. The Morgan fingerprint density at radius 2 is 1.73 bits per heavy atom. The first-order valence-corrected chi connectivity index (χ1v) is 10.9. The highest BCUT2D eigenvalue weighted by Gasteiger charge is 2.30. The van der Waals surface area contributed by atoms with Gasteiger partial charge in [0.05, 0.1) is 12.1 Å². The standard InChI is InChI=1S/C21H29N5O6S/c1-10(18(28)25-16(9-33)20(30)26-17(11(2)27)21(31)32)24-19(29)14(22)7-12-8-23-15-6-4-3-5-13(12)15/h3-6,8,10-11,14,16-17,23,27,33H,7,9,22H2,1-2H3,(H,24,29)(H,25,28)(H,26,30)(H,31,32). The number of carbonyl (C=O) groups is 4. The largest absolute Gasteiger partial charge is 0.480 e. The topological polar surface area (TPSA) is 187 Å². The second-order valence-electron chi connectivity index (χ2n) is 7.71. The van der Waals surface area contributed by atoms with Crippen LogP contribution in [-0.2, 0) is 25.6 Å². The number of aliphatic hydroxyl groups excluding tert-OH is 1. The summed E-state index contributed by atoms with van der Waals surface area (Å²) in [5.74, 6) is -3.62. The van der Waals surface area contributed by atoms with Gasteiger partial charge in [0, 0.05) is 22.9 Å². The Hall–Kier alpha value is -3.09. The molecule has 8 N–H and O–H groups in total. The fourth-order valence-corrected chi connectivity index (χ4v) is 3.41. The molecular formula is C21H29N5O6S. The zero-order valence-corrected chi connectivity index (χ0v) is 19.1. The molecule has 0 bridgehead atoms. The van der Waals surface area contributed by atoms with Gasteiger partial charge < -0.3 is 36.9 Å². The summed E-state index contributed by atoms with van der Waals surface area (Å²) in [6, 6.07) is 2.93. The van der Waals surface area contributed by atoms with Crippen LogP contribution in [0.3, 0.4) is 0 Å². The summed E-state index contributed by atoms with van der Waals surface area (Å²) >= 11 is 4.01. The van der Waals surface area contributed by atoms with E-state index in [1.165, 1.54) is 13.8 Å². The summed E-state index contributed by atoms with van der Waals surface area (Å²) in [6.07, 6.45) is 0.683. The van der Waals surface area contributed by atoms with E-state index >= 15 is 0 Å². The number of benzene rings is 1. The number of rotatable bonds is 11. The highest BCUT2D eigenvalue weighted by molar-refractivity contribution is 7.80. The van der Waals surface area contributed by atoms with Gasteiger partial charge in [-0.1, -0.05) is 18.2 Å². The van der Waals surface area contributed by atoms with Gasteiger partial charge in [-0.3, -0.25) is 14.4 Å². The van der Waals surface area contributed by atoms with E-state index in [9.17, 15) is 24.3 Å². The Kier molecular flexibility index (Phi) is 9.26. The third kappa shape index (κ3) is 6.94. The summed E-state index contributed by atoms with van der Waals surface area (Å²) in [7, 11) is 0. The molecule has 1 heterocycles. The second-order valence-corrected chi connectivity index (χ2v) is 8.07. The molecule has 0 spiro atoms. The molecule has 0 saturated heterocycles. The second kappa shape index (κ2) is 11.7. The molecule has 180 valence electrons. The fraction of sp³-hybridized carbons (Fsp3) is 0.429. The van der Waals surface area contributed by atoms with Gasteiger partial charge >= 0.3 is 5.97 Å². The number of aliphatic carboxylic acids is 1. The van der Waals surface area contributed by atoms with Gasteiger partial charge in [0.15, 0.2) is 6.04 Å². The van der Waals surface area contributed by atoms with Crippen LogP contribution in [0.5, 0.6) is 0 Å². The number of aliphatic hydroxyl groups is 1. The number of aromatic amines is 1. The molecule has 11 nitrogen and oxygen atoms in total. The number of nitrogens with one attached hydrogen (secondary N) is 4. The summed E-state index contributed by atoms with van der Waals surface area (Å²) in [6.45, 7) is 2.64. The number of amides is 3. The molecule has 2 rings (SSSR count). The van der Waals surface area contributed by atoms with Crippen LogP contribution in [0.15, 0.2) is 30.5 Å². The number of hydrogen-bond acceptors (Lipinski definition) is 7. The highest BCUT2D eigenvalue weighted by Crippen LogP contribution is 2.18. The summed E-state index contributed by atoms with van der Waals surface area (Å²) < 4.78 is 0. The third-order valence-electron chi connectivity index (χ3n) is 5.07. The van der Waals surface area contributed by atoms with Crippen LogP contribution >= 0.6 is 12.6 Å². The van der Waals surface area contributed by atoms with Crippen molar-refractivity contribution in [2.24, 2.45) is 5.73 Å². The molecule has 1 aromatic heterocycles. The summed E-state index contributed by atoms with van der Waals surface area (Å²) in [4.78, 5) is 51.5. The zero-order chi connectivity index (χ0) is 24.7. The smallest absolute Gasteiger partial charge is 0.328 e. The van der Waals surface area contributed by atoms with Crippen LogP contribution in [-0.4, -0.2) is 74.9 Å². The van der Waals surface area contributed by atoms with E-state index < -0.39 is 54.0 Å². The fourth-order valence-electron chi connectivity index (χ4n) is 3.15. The Morgan fingerprint density at radius 3 is 2.33 bits per heavy atom. The van der Waals surface area contributed by atoms with Crippen molar-refractivity contribution in [1.29, 1.82) is 0 Å². The van der Waals surface area contributed by atoms with Crippen molar-refractivity contribution in [1.82, 2.24) is 20.9 Å². The maximum Gasteiger partial charge on any atom is 0.328 e. The van der Waals surface area contributed by atoms with Crippen molar-refractivity contribution in [3.05, 3.63) is 36.0 Å². The van der Waals surface area contributed by atoms with Gasteiger partial charge in [-0.15, -0.1) is 0 Å². The van der Waals surface area contributed by atoms with Gasteiger partial charge in [-0.05, 0) is 31.9 Å². The molecule has 0 radical (unpaired) electrons. The number of H-pyrrole nitrogens is 1. The molecule has 33 heavy (non-hydrogen) atoms. The molecule has 3 amide bonds. The van der Waals surface area contributed by atoms with Crippen LogP contribution in [0.2, 0.25) is 0 Å². The molecule has 0 fully saturated rings. The minimum atomic E-state index is -1.54. The first-order chi connectivity index (χ1) is 15.5. The van der Waals surface area contributed by atoms with Crippen molar-refractivity contribution >= 4 is 47.2 Å². The molecule has 0 aliphatic carbocycles. The van der Waals surface area contributed by atoms with E-state index in [2.05, 4.69) is 33.6 Å². The molecule has 0 saturated carbocycles. The van der Waals surface area contributed by atoms with Crippen molar-refractivity contribution in [3.63, 3.8) is 0 Å². The van der Waals surface area contributed by atoms with Crippen molar-refractivity contribution in [2.75, 3.05) is 5.75 Å². The van der Waals surface area contributed by atoms with Crippen LogP contribution in [0.4, 0.5) is 0 Å². The first kappa shape index (κ1) is 26.2. The summed E-state index contributed by atoms with van der Waals surface area (Å²) in [5, 5.41) is 26.6. The lowest BCUT2D eigenvalue weighted by molar-refractivity contribution is -0.145. The molecule has 12 heteroatoms. The van der Waals surface area contributed by atoms with Gasteiger partial charge in [-0.2, -0.15) is 12.6 Å². The average molecular weight is 480 g/mol. The van der Waals surface area contributed by atoms with Crippen molar-refractivity contribution in [3.8, 4) is 0 Å². The van der Waals surface area contributed by atoms with Gasteiger partial charge in [0.1, 0.15) is 12.1 Å². The third-order valence-corrected chi connectivity index (χ3v) is 5.43. The highest BCUT2D eigenvalue weighted by atomic mass is 32.1. The van der Waals surface area contributed by atoms with Gasteiger partial charge in [-0.25, -0.2) is 4.79 Å². The van der Waals surface area contributed by atoms with Crippen LogP contribution in [0.1, 0.15) is 19.4 Å². The Balaban J connectivity index is 1.92. The molecule has 0 aliphatic rings. The maximum absolute atomic E-state index is 12.5. The predicted octanol–water partition coefficient (Wildman–Crippen LogP) is -1.09. The average Bonchev–Trinajstić information content (AvgIpc) is 3.17. The zero-order valence-electron chi connectivity index (χ0n) is 18.2. The lowest BCUT2D eigenvalue weighted by Gasteiger charge is -2.23. The minimum Gasteiger partial charge on any atom is -0.480 e. The Labute approximate surface area is 195 Å². The Bertz CT molecular complexity index is 1010. The number of nitrogens with two attached hydrogens (primary N) is 1. The number of carboxylic acid groups (broad SMARTS) is 1. The van der Waals surface area contributed by atoms with E-state index in [1.54, 1.807) is 6.20 Å². The van der Waals surface area contributed by atoms with E-state index in [1.807, 2.05) is 24.3 Å². The lowest BCUT2D eigenvalue weighted by atomic mass is 10.0. The monoisotopic (exact) mass is 479 g/mol. The number of thiol groups is 1. The van der Waals surface area contributed by atoms with E-state index in [-0.39, 0.29) is 12.2 Å². The van der Waals surface area contributed by atoms with Crippen LogP contribution in [0, 0.1) is 0 Å². The normalized spacial score (nSPS) is 15.7. The number of aromatic nitrogens is 1. The van der Waals surface area contributed by atoms with E-state index in [0.717, 1.165) is 16.5 Å². The minimum absolute atomic E-state index is 0.134.